The Morgan fingerprint density at radius 3 is 2.50 bits per heavy atom. The van der Waals surface area contributed by atoms with E-state index in [4.69, 9.17) is 5.73 Å². The molecule has 3 N–H and O–H groups in total. The molecular weight excluding hydrogens is 256 g/mol. The van der Waals surface area contributed by atoms with Crippen molar-refractivity contribution in [3.05, 3.63) is 28.2 Å². The lowest BCUT2D eigenvalue weighted by Gasteiger charge is -2.24. The van der Waals surface area contributed by atoms with Gasteiger partial charge in [0.15, 0.2) is 0 Å². The molecule has 0 heterocycles. The predicted molar refractivity (Wildman–Crippen MR) is 53.4 cm³/mol. The Morgan fingerprint density at radius 1 is 1.50 bits per heavy atom. The highest BCUT2D eigenvalue weighted by Crippen LogP contribution is 2.31. The van der Waals surface area contributed by atoms with Gasteiger partial charge in [-0.05, 0) is 40.5 Å². The molecule has 1 aromatic rings. The van der Waals surface area contributed by atoms with Crippen molar-refractivity contribution >= 4 is 15.9 Å². The summed E-state index contributed by atoms with van der Waals surface area (Å²) in [6.07, 6.45) is -2.65. The van der Waals surface area contributed by atoms with Crippen LogP contribution in [-0.2, 0) is 5.54 Å². The van der Waals surface area contributed by atoms with Gasteiger partial charge in [-0.2, -0.15) is 0 Å². The highest BCUT2D eigenvalue weighted by Gasteiger charge is 2.32. The van der Waals surface area contributed by atoms with Gasteiger partial charge in [0.1, 0.15) is 5.75 Å². The molecule has 0 radical (unpaired) electrons. The van der Waals surface area contributed by atoms with Crippen LogP contribution in [0.25, 0.3) is 0 Å². The van der Waals surface area contributed by atoms with Crippen molar-refractivity contribution in [1.29, 1.82) is 0 Å². The number of phenolic OH excluding ortho intramolecular Hbond substituents is 1. The molecule has 0 bridgehead atoms. The van der Waals surface area contributed by atoms with Crippen LogP contribution in [-0.4, -0.2) is 11.5 Å². The second kappa shape index (κ2) is 3.82. The van der Waals surface area contributed by atoms with Crippen LogP contribution in [0.2, 0.25) is 0 Å². The molecule has 1 rings (SSSR count). The molecule has 0 spiro atoms. The van der Waals surface area contributed by atoms with Crippen LogP contribution >= 0.6 is 15.9 Å². The molecule has 0 aromatic heterocycles. The standard InChI is InChI=1S/C9H10BrF2NO/c1-9(13,8(11)12)5-2-3-7(14)6(10)4-5/h2-4,8,14H,13H2,1H3. The summed E-state index contributed by atoms with van der Waals surface area (Å²) >= 11 is 3.04. The summed E-state index contributed by atoms with van der Waals surface area (Å²) in [4.78, 5) is 0. The van der Waals surface area contributed by atoms with Gasteiger partial charge >= 0.3 is 0 Å². The minimum absolute atomic E-state index is 0.00110. The normalized spacial score (nSPS) is 15.6. The van der Waals surface area contributed by atoms with Crippen LogP contribution in [0.5, 0.6) is 5.75 Å². The van der Waals surface area contributed by atoms with Crippen LogP contribution < -0.4 is 5.73 Å². The SMILES string of the molecule is CC(N)(c1ccc(O)c(Br)c1)C(F)F. The fourth-order valence-corrected chi connectivity index (χ4v) is 1.35. The molecule has 78 valence electrons. The number of hydrogen-bond acceptors (Lipinski definition) is 2. The molecule has 0 saturated carbocycles. The van der Waals surface area contributed by atoms with E-state index in [0.29, 0.717) is 4.47 Å². The monoisotopic (exact) mass is 265 g/mol. The van der Waals surface area contributed by atoms with Crippen molar-refractivity contribution in [2.45, 2.75) is 18.9 Å². The molecule has 0 aliphatic rings. The van der Waals surface area contributed by atoms with E-state index in [0.717, 1.165) is 0 Å². The zero-order valence-corrected chi connectivity index (χ0v) is 9.05. The van der Waals surface area contributed by atoms with Gasteiger partial charge in [-0.3, -0.25) is 0 Å². The van der Waals surface area contributed by atoms with E-state index in [1.54, 1.807) is 0 Å². The van der Waals surface area contributed by atoms with Gasteiger partial charge in [-0.15, -0.1) is 0 Å². The van der Waals surface area contributed by atoms with Crippen LogP contribution in [0.15, 0.2) is 22.7 Å². The van der Waals surface area contributed by atoms with Crippen LogP contribution in [0, 0.1) is 0 Å². The topological polar surface area (TPSA) is 46.2 Å². The number of alkyl halides is 2. The molecule has 1 aromatic carbocycles. The molecule has 2 nitrogen and oxygen atoms in total. The van der Waals surface area contributed by atoms with Gasteiger partial charge in [0.05, 0.1) is 10.0 Å². The fourth-order valence-electron chi connectivity index (χ4n) is 0.968. The molecule has 1 atom stereocenters. The van der Waals surface area contributed by atoms with Gasteiger partial charge < -0.3 is 10.8 Å². The zero-order chi connectivity index (χ0) is 10.9. The second-order valence-corrected chi connectivity index (χ2v) is 4.10. The average Bonchev–Trinajstić information content (AvgIpc) is 2.09. The number of rotatable bonds is 2. The smallest absolute Gasteiger partial charge is 0.260 e. The highest BCUT2D eigenvalue weighted by molar-refractivity contribution is 9.10. The van der Waals surface area contributed by atoms with E-state index in [2.05, 4.69) is 15.9 Å². The molecule has 5 heteroatoms. The van der Waals surface area contributed by atoms with Crippen molar-refractivity contribution in [3.63, 3.8) is 0 Å². The van der Waals surface area contributed by atoms with E-state index in [1.807, 2.05) is 0 Å². The van der Waals surface area contributed by atoms with Gasteiger partial charge in [-0.25, -0.2) is 8.78 Å². The molecule has 0 saturated heterocycles. The fraction of sp³-hybridized carbons (Fsp3) is 0.333. The number of benzene rings is 1. The maximum Gasteiger partial charge on any atom is 0.260 e. The Labute approximate surface area is 88.9 Å². The lowest BCUT2D eigenvalue weighted by molar-refractivity contribution is 0.0624. The first-order chi connectivity index (χ1) is 6.35. The number of nitrogens with two attached hydrogens (primary N) is 1. The minimum atomic E-state index is -2.65. The third-order valence-corrected chi connectivity index (χ3v) is 2.66. The lowest BCUT2D eigenvalue weighted by Crippen LogP contribution is -2.40. The molecule has 0 amide bonds. The summed E-state index contributed by atoms with van der Waals surface area (Å²) < 4.78 is 25.4. The van der Waals surface area contributed by atoms with Crippen molar-refractivity contribution in [1.82, 2.24) is 0 Å². The summed E-state index contributed by atoms with van der Waals surface area (Å²) in [6.45, 7) is 1.25. The maximum atomic E-state index is 12.5. The largest absolute Gasteiger partial charge is 0.507 e. The summed E-state index contributed by atoms with van der Waals surface area (Å²) in [6, 6.07) is 4.10. The van der Waals surface area contributed by atoms with E-state index in [-0.39, 0.29) is 11.3 Å². The number of phenols is 1. The first kappa shape index (κ1) is 11.4. The highest BCUT2D eigenvalue weighted by atomic mass is 79.9. The Kier molecular flexibility index (Phi) is 3.11. The molecular formula is C9H10BrF2NO. The van der Waals surface area contributed by atoms with Crippen LogP contribution in [0.4, 0.5) is 8.78 Å². The molecule has 0 fully saturated rings. The van der Waals surface area contributed by atoms with Crippen molar-refractivity contribution in [2.24, 2.45) is 5.73 Å². The zero-order valence-electron chi connectivity index (χ0n) is 7.47. The second-order valence-electron chi connectivity index (χ2n) is 3.25. The molecule has 0 aliphatic heterocycles. The Balaban J connectivity index is 3.14. The van der Waals surface area contributed by atoms with Crippen molar-refractivity contribution < 1.29 is 13.9 Å². The number of halogens is 3. The molecule has 1 unspecified atom stereocenters. The van der Waals surface area contributed by atoms with Gasteiger partial charge in [0.2, 0.25) is 0 Å². The van der Waals surface area contributed by atoms with Crippen molar-refractivity contribution in [3.8, 4) is 5.75 Å². The first-order valence-corrected chi connectivity index (χ1v) is 4.71. The van der Waals surface area contributed by atoms with Gasteiger partial charge in [0.25, 0.3) is 6.43 Å². The Morgan fingerprint density at radius 2 is 2.07 bits per heavy atom. The van der Waals surface area contributed by atoms with Crippen molar-refractivity contribution in [2.75, 3.05) is 0 Å². The van der Waals surface area contributed by atoms with E-state index in [1.165, 1.54) is 25.1 Å². The third-order valence-electron chi connectivity index (χ3n) is 2.02. The minimum Gasteiger partial charge on any atom is -0.507 e. The van der Waals surface area contributed by atoms with Gasteiger partial charge in [0, 0.05) is 0 Å². The Hall–Kier alpha value is -0.680. The number of aromatic hydroxyl groups is 1. The third kappa shape index (κ3) is 2.04. The number of hydrogen-bond donors (Lipinski definition) is 2. The van der Waals surface area contributed by atoms with Gasteiger partial charge in [-0.1, -0.05) is 6.07 Å². The Bertz CT molecular complexity index is 342. The molecule has 0 aliphatic carbocycles. The van der Waals surface area contributed by atoms with Crippen LogP contribution in [0.3, 0.4) is 0 Å². The molecule has 14 heavy (non-hydrogen) atoms. The summed E-state index contributed by atoms with van der Waals surface area (Å²) in [7, 11) is 0. The quantitative estimate of drug-likeness (QED) is 0.864. The summed E-state index contributed by atoms with van der Waals surface area (Å²) in [5, 5.41) is 9.17. The predicted octanol–water partition coefficient (Wildman–Crippen LogP) is 2.59. The lowest BCUT2D eigenvalue weighted by atomic mass is 9.94. The van der Waals surface area contributed by atoms with E-state index >= 15 is 0 Å². The average molecular weight is 266 g/mol. The first-order valence-electron chi connectivity index (χ1n) is 3.91. The summed E-state index contributed by atoms with van der Waals surface area (Å²) in [5.74, 6) is -0.00110. The van der Waals surface area contributed by atoms with E-state index < -0.39 is 12.0 Å². The maximum absolute atomic E-state index is 12.5. The van der Waals surface area contributed by atoms with Crippen LogP contribution in [0.1, 0.15) is 12.5 Å². The van der Waals surface area contributed by atoms with E-state index in [9.17, 15) is 13.9 Å². The summed E-state index contributed by atoms with van der Waals surface area (Å²) in [5.41, 5.74) is 4.02.